The third-order valence-corrected chi connectivity index (χ3v) is 2.34. The van der Waals surface area contributed by atoms with E-state index in [0.717, 1.165) is 12.0 Å². The number of nitrogens with two attached hydrogens (primary N) is 1. The van der Waals surface area contributed by atoms with Crippen LogP contribution in [0, 0.1) is 0 Å². The van der Waals surface area contributed by atoms with Crippen molar-refractivity contribution in [3.8, 4) is 0 Å². The first-order chi connectivity index (χ1) is 7.11. The highest BCUT2D eigenvalue weighted by molar-refractivity contribution is 5.79. The lowest BCUT2D eigenvalue weighted by Crippen LogP contribution is -2.33. The molecular weight excluding hydrogens is 188 g/mol. The van der Waals surface area contributed by atoms with Gasteiger partial charge in [-0.2, -0.15) is 0 Å². The van der Waals surface area contributed by atoms with Crippen molar-refractivity contribution in [2.75, 3.05) is 5.73 Å². The van der Waals surface area contributed by atoms with Crippen LogP contribution < -0.4 is 11.1 Å². The molecule has 0 bridgehead atoms. The summed E-state index contributed by atoms with van der Waals surface area (Å²) in [5.41, 5.74) is 7.28. The average Bonchev–Trinajstić information content (AvgIpc) is 2.17. The van der Waals surface area contributed by atoms with Gasteiger partial charge in [0.05, 0.1) is 6.42 Å². The van der Waals surface area contributed by atoms with Crippen LogP contribution in [0.5, 0.6) is 0 Å². The van der Waals surface area contributed by atoms with Crippen LogP contribution in [0.1, 0.15) is 25.8 Å². The number of anilines is 1. The maximum absolute atomic E-state index is 11.5. The summed E-state index contributed by atoms with van der Waals surface area (Å²) in [5, 5.41) is 2.92. The van der Waals surface area contributed by atoms with E-state index in [1.54, 1.807) is 0 Å². The Morgan fingerprint density at radius 1 is 1.53 bits per heavy atom. The smallest absolute Gasteiger partial charge is 0.224 e. The van der Waals surface area contributed by atoms with Crippen LogP contribution in [-0.2, 0) is 11.2 Å². The average molecular weight is 206 g/mol. The molecule has 0 aliphatic heterocycles. The molecule has 0 saturated heterocycles. The fourth-order valence-corrected chi connectivity index (χ4v) is 1.32. The molecule has 0 saturated carbocycles. The van der Waals surface area contributed by atoms with Crippen molar-refractivity contribution in [3.05, 3.63) is 29.8 Å². The van der Waals surface area contributed by atoms with Gasteiger partial charge in [0.15, 0.2) is 0 Å². The molecule has 82 valence electrons. The summed E-state index contributed by atoms with van der Waals surface area (Å²) in [6, 6.07) is 7.65. The van der Waals surface area contributed by atoms with Gasteiger partial charge in [-0.3, -0.25) is 4.79 Å². The first-order valence-electron chi connectivity index (χ1n) is 5.25. The van der Waals surface area contributed by atoms with E-state index in [-0.39, 0.29) is 11.9 Å². The molecule has 0 aliphatic carbocycles. The lowest BCUT2D eigenvalue weighted by molar-refractivity contribution is -0.121. The number of hydrogen-bond acceptors (Lipinski definition) is 2. The lowest BCUT2D eigenvalue weighted by Gasteiger charge is -2.11. The van der Waals surface area contributed by atoms with Gasteiger partial charge in [-0.1, -0.05) is 19.1 Å². The highest BCUT2D eigenvalue weighted by atomic mass is 16.1. The molecule has 0 spiro atoms. The van der Waals surface area contributed by atoms with Gasteiger partial charge in [-0.05, 0) is 31.0 Å². The molecule has 0 aromatic heterocycles. The second-order valence-electron chi connectivity index (χ2n) is 3.80. The molecule has 3 N–H and O–H groups in total. The molecule has 0 fully saturated rings. The van der Waals surface area contributed by atoms with Crippen molar-refractivity contribution in [1.29, 1.82) is 0 Å². The Hall–Kier alpha value is -1.51. The van der Waals surface area contributed by atoms with Crippen molar-refractivity contribution in [3.63, 3.8) is 0 Å². The molecule has 1 atom stereocenters. The number of hydrogen-bond donors (Lipinski definition) is 2. The summed E-state index contributed by atoms with van der Waals surface area (Å²) in [6.07, 6.45) is 1.35. The molecular formula is C12H18N2O. The van der Waals surface area contributed by atoms with E-state index < -0.39 is 0 Å². The monoisotopic (exact) mass is 206 g/mol. The van der Waals surface area contributed by atoms with Gasteiger partial charge in [0, 0.05) is 11.7 Å². The zero-order chi connectivity index (χ0) is 11.3. The molecule has 1 aromatic rings. The maximum atomic E-state index is 11.5. The molecule has 0 heterocycles. The van der Waals surface area contributed by atoms with Crippen LogP contribution in [-0.4, -0.2) is 11.9 Å². The molecule has 1 unspecified atom stereocenters. The van der Waals surface area contributed by atoms with Crippen molar-refractivity contribution in [1.82, 2.24) is 5.32 Å². The fraction of sp³-hybridized carbons (Fsp3) is 0.417. The van der Waals surface area contributed by atoms with Gasteiger partial charge in [-0.25, -0.2) is 0 Å². The Balaban J connectivity index is 2.51. The number of nitrogen functional groups attached to an aromatic ring is 1. The summed E-state index contributed by atoms with van der Waals surface area (Å²) in [5.74, 6) is 0.0509. The number of benzene rings is 1. The van der Waals surface area contributed by atoms with Crippen LogP contribution >= 0.6 is 0 Å². The van der Waals surface area contributed by atoms with Gasteiger partial charge in [0.1, 0.15) is 0 Å². The van der Waals surface area contributed by atoms with Crippen LogP contribution in [0.15, 0.2) is 24.3 Å². The normalized spacial score (nSPS) is 12.1. The molecule has 1 amide bonds. The van der Waals surface area contributed by atoms with E-state index in [4.69, 9.17) is 5.73 Å². The minimum Gasteiger partial charge on any atom is -0.399 e. The third-order valence-electron chi connectivity index (χ3n) is 2.34. The van der Waals surface area contributed by atoms with E-state index in [0.29, 0.717) is 12.1 Å². The molecule has 15 heavy (non-hydrogen) atoms. The van der Waals surface area contributed by atoms with Gasteiger partial charge in [0.2, 0.25) is 5.91 Å². The van der Waals surface area contributed by atoms with E-state index in [1.807, 2.05) is 38.1 Å². The Morgan fingerprint density at radius 2 is 2.27 bits per heavy atom. The topological polar surface area (TPSA) is 55.1 Å². The Labute approximate surface area is 90.7 Å². The van der Waals surface area contributed by atoms with Gasteiger partial charge in [0.25, 0.3) is 0 Å². The van der Waals surface area contributed by atoms with Crippen molar-refractivity contribution >= 4 is 11.6 Å². The number of carbonyl (C=O) groups excluding carboxylic acids is 1. The third kappa shape index (κ3) is 4.02. The summed E-state index contributed by atoms with van der Waals surface area (Å²) in [7, 11) is 0. The van der Waals surface area contributed by atoms with Gasteiger partial charge in [-0.15, -0.1) is 0 Å². The summed E-state index contributed by atoms with van der Waals surface area (Å²) in [6.45, 7) is 4.04. The minimum absolute atomic E-state index is 0.0509. The Kier molecular flexibility index (Phi) is 4.16. The Bertz CT molecular complexity index is 336. The SMILES string of the molecule is CCC(C)NC(=O)Cc1cccc(N)c1. The van der Waals surface area contributed by atoms with Crippen molar-refractivity contribution < 1.29 is 4.79 Å². The van der Waals surface area contributed by atoms with Crippen LogP contribution in [0.3, 0.4) is 0 Å². The second-order valence-corrected chi connectivity index (χ2v) is 3.80. The largest absolute Gasteiger partial charge is 0.399 e. The van der Waals surface area contributed by atoms with Crippen molar-refractivity contribution in [2.45, 2.75) is 32.7 Å². The van der Waals surface area contributed by atoms with Crippen LogP contribution in [0.25, 0.3) is 0 Å². The van der Waals surface area contributed by atoms with E-state index in [2.05, 4.69) is 5.32 Å². The maximum Gasteiger partial charge on any atom is 0.224 e. The van der Waals surface area contributed by atoms with E-state index in [1.165, 1.54) is 0 Å². The van der Waals surface area contributed by atoms with Crippen LogP contribution in [0.2, 0.25) is 0 Å². The summed E-state index contributed by atoms with van der Waals surface area (Å²) in [4.78, 5) is 11.5. The lowest BCUT2D eigenvalue weighted by atomic mass is 10.1. The first kappa shape index (κ1) is 11.6. The fourth-order valence-electron chi connectivity index (χ4n) is 1.32. The molecule has 3 heteroatoms. The number of carbonyl (C=O) groups is 1. The molecule has 0 aliphatic rings. The van der Waals surface area contributed by atoms with E-state index in [9.17, 15) is 4.79 Å². The van der Waals surface area contributed by atoms with Gasteiger partial charge < -0.3 is 11.1 Å². The predicted octanol–water partition coefficient (Wildman–Crippen LogP) is 1.73. The molecule has 1 rings (SSSR count). The van der Waals surface area contributed by atoms with E-state index >= 15 is 0 Å². The second kappa shape index (κ2) is 5.39. The highest BCUT2D eigenvalue weighted by Gasteiger charge is 2.06. The predicted molar refractivity (Wildman–Crippen MR) is 62.5 cm³/mol. The Morgan fingerprint density at radius 3 is 2.87 bits per heavy atom. The molecule has 1 aromatic carbocycles. The standard InChI is InChI=1S/C12H18N2O/c1-3-9(2)14-12(15)8-10-5-4-6-11(13)7-10/h4-7,9H,3,8,13H2,1-2H3,(H,14,15). The molecule has 3 nitrogen and oxygen atoms in total. The number of rotatable bonds is 4. The molecule has 0 radical (unpaired) electrons. The number of amides is 1. The quantitative estimate of drug-likeness (QED) is 0.737. The highest BCUT2D eigenvalue weighted by Crippen LogP contribution is 2.07. The summed E-state index contributed by atoms with van der Waals surface area (Å²) >= 11 is 0. The zero-order valence-corrected chi connectivity index (χ0v) is 9.29. The zero-order valence-electron chi connectivity index (χ0n) is 9.29. The summed E-state index contributed by atoms with van der Waals surface area (Å²) < 4.78 is 0. The first-order valence-corrected chi connectivity index (χ1v) is 5.25. The van der Waals surface area contributed by atoms with Crippen LogP contribution in [0.4, 0.5) is 5.69 Å². The number of nitrogens with one attached hydrogen (secondary N) is 1. The van der Waals surface area contributed by atoms with Crippen molar-refractivity contribution in [2.24, 2.45) is 0 Å². The van der Waals surface area contributed by atoms with Gasteiger partial charge >= 0.3 is 0 Å². The minimum atomic E-state index is 0.0509.